The number of carbonyl (C=O) groups excluding carboxylic acids is 3. The van der Waals surface area contributed by atoms with Crippen molar-refractivity contribution in [3.05, 3.63) is 95.1 Å². The van der Waals surface area contributed by atoms with Crippen molar-refractivity contribution < 1.29 is 19.1 Å². The molecule has 1 saturated heterocycles. The fourth-order valence-corrected chi connectivity index (χ4v) is 4.97. The summed E-state index contributed by atoms with van der Waals surface area (Å²) in [5, 5.41) is 2.61. The highest BCUT2D eigenvalue weighted by molar-refractivity contribution is 5.97. The number of ether oxygens (including phenoxy) is 1. The van der Waals surface area contributed by atoms with E-state index in [1.807, 2.05) is 67.6 Å². The number of para-hydroxylation sites is 1. The maximum Gasteiger partial charge on any atom is 0.251 e. The van der Waals surface area contributed by atoms with Gasteiger partial charge in [0.05, 0.1) is 19.1 Å². The number of aryl methyl sites for hydroxylation is 1. The van der Waals surface area contributed by atoms with E-state index in [2.05, 4.69) is 5.32 Å². The Morgan fingerprint density at radius 3 is 2.35 bits per heavy atom. The first-order valence-corrected chi connectivity index (χ1v) is 12.4. The van der Waals surface area contributed by atoms with Crippen LogP contribution >= 0.6 is 0 Å². The van der Waals surface area contributed by atoms with Crippen molar-refractivity contribution in [3.63, 3.8) is 0 Å². The third-order valence-corrected chi connectivity index (χ3v) is 6.92. The number of rotatable bonds is 7. The van der Waals surface area contributed by atoms with Gasteiger partial charge in [-0.3, -0.25) is 14.4 Å². The predicted molar refractivity (Wildman–Crippen MR) is 143 cm³/mol. The molecule has 0 spiro atoms. The van der Waals surface area contributed by atoms with Crippen molar-refractivity contribution in [1.82, 2.24) is 10.2 Å². The van der Waals surface area contributed by atoms with Gasteiger partial charge >= 0.3 is 0 Å². The van der Waals surface area contributed by atoms with E-state index in [9.17, 15) is 14.4 Å². The van der Waals surface area contributed by atoms with Crippen LogP contribution in [0.5, 0.6) is 5.75 Å². The minimum Gasteiger partial charge on any atom is -0.496 e. The number of hydrogen-bond donors (Lipinski definition) is 1. The zero-order valence-corrected chi connectivity index (χ0v) is 21.7. The molecule has 1 aliphatic rings. The quantitative estimate of drug-likeness (QED) is 0.519. The SMILES string of the molecule is CNC(=O)c1ccc(CN(C)C(=O)C2CCC(=O)N(c3ccc(C)cc3)C2c2ccccc2OC)cc1. The average molecular weight is 500 g/mol. The first-order valence-electron chi connectivity index (χ1n) is 12.4. The van der Waals surface area contributed by atoms with Gasteiger partial charge < -0.3 is 19.9 Å². The van der Waals surface area contributed by atoms with Crippen molar-refractivity contribution in [2.45, 2.75) is 32.4 Å². The molecule has 0 aliphatic carbocycles. The van der Waals surface area contributed by atoms with Crippen LogP contribution in [0.15, 0.2) is 72.8 Å². The maximum absolute atomic E-state index is 13.9. The van der Waals surface area contributed by atoms with Gasteiger partial charge in [-0.05, 0) is 49.2 Å². The highest BCUT2D eigenvalue weighted by Crippen LogP contribution is 2.43. The minimum atomic E-state index is -0.509. The first-order chi connectivity index (χ1) is 17.8. The molecule has 3 aromatic rings. The molecule has 1 N–H and O–H groups in total. The lowest BCUT2D eigenvalue weighted by atomic mass is 9.82. The summed E-state index contributed by atoms with van der Waals surface area (Å²) in [6.45, 7) is 2.39. The second-order valence-electron chi connectivity index (χ2n) is 9.40. The monoisotopic (exact) mass is 499 g/mol. The molecule has 37 heavy (non-hydrogen) atoms. The van der Waals surface area contributed by atoms with Crippen molar-refractivity contribution in [2.24, 2.45) is 5.92 Å². The lowest BCUT2D eigenvalue weighted by Crippen LogP contribution is -2.48. The van der Waals surface area contributed by atoms with Crippen LogP contribution in [0.25, 0.3) is 0 Å². The lowest BCUT2D eigenvalue weighted by Gasteiger charge is -2.42. The molecule has 0 aromatic heterocycles. The number of nitrogens with one attached hydrogen (secondary N) is 1. The Morgan fingerprint density at radius 1 is 1.03 bits per heavy atom. The number of amides is 3. The molecule has 4 rings (SSSR count). The zero-order valence-electron chi connectivity index (χ0n) is 21.7. The fourth-order valence-electron chi connectivity index (χ4n) is 4.97. The Labute approximate surface area is 218 Å². The standard InChI is InChI=1S/C30H33N3O4/c1-20-9-15-23(16-10-20)33-27(34)18-17-25(28(33)24-7-5-6-8-26(24)37-4)30(36)32(3)19-21-11-13-22(14-12-21)29(35)31-2/h5-16,25,28H,17-19H2,1-4H3,(H,31,35). The smallest absolute Gasteiger partial charge is 0.251 e. The first kappa shape index (κ1) is 25.9. The topological polar surface area (TPSA) is 79.0 Å². The zero-order chi connectivity index (χ0) is 26.5. The third kappa shape index (κ3) is 5.50. The molecule has 2 atom stereocenters. The Kier molecular flexibility index (Phi) is 7.92. The van der Waals surface area contributed by atoms with Gasteiger partial charge in [-0.2, -0.15) is 0 Å². The van der Waals surface area contributed by atoms with E-state index in [0.29, 0.717) is 24.3 Å². The van der Waals surface area contributed by atoms with Gasteiger partial charge in [-0.15, -0.1) is 0 Å². The maximum atomic E-state index is 13.9. The van der Waals surface area contributed by atoms with Gasteiger partial charge in [-0.25, -0.2) is 0 Å². The number of benzene rings is 3. The van der Waals surface area contributed by atoms with Crippen LogP contribution in [0.2, 0.25) is 0 Å². The Balaban J connectivity index is 1.67. The Morgan fingerprint density at radius 2 is 1.70 bits per heavy atom. The molecule has 0 bridgehead atoms. The molecule has 7 heteroatoms. The Hall–Kier alpha value is -4.13. The second kappa shape index (κ2) is 11.3. The largest absolute Gasteiger partial charge is 0.496 e. The molecule has 7 nitrogen and oxygen atoms in total. The minimum absolute atomic E-state index is 0.0174. The van der Waals surface area contributed by atoms with Crippen molar-refractivity contribution in [1.29, 1.82) is 0 Å². The summed E-state index contributed by atoms with van der Waals surface area (Å²) >= 11 is 0. The van der Waals surface area contributed by atoms with E-state index in [4.69, 9.17) is 4.74 Å². The fraction of sp³-hybridized carbons (Fsp3) is 0.300. The molecular weight excluding hydrogens is 466 g/mol. The number of nitrogens with zero attached hydrogens (tertiary/aromatic N) is 2. The molecule has 3 amide bonds. The van der Waals surface area contributed by atoms with Crippen molar-refractivity contribution >= 4 is 23.4 Å². The number of hydrogen-bond acceptors (Lipinski definition) is 4. The van der Waals surface area contributed by atoms with E-state index in [0.717, 1.165) is 22.4 Å². The summed E-state index contributed by atoms with van der Waals surface area (Å²) in [7, 11) is 4.97. The van der Waals surface area contributed by atoms with Gasteiger partial charge in [0.1, 0.15) is 5.75 Å². The molecule has 1 fully saturated rings. The van der Waals surface area contributed by atoms with E-state index in [1.54, 1.807) is 43.1 Å². The molecule has 0 radical (unpaired) electrons. The van der Waals surface area contributed by atoms with Crippen LogP contribution in [0.1, 0.15) is 45.9 Å². The van der Waals surface area contributed by atoms with Crippen LogP contribution in [0.4, 0.5) is 5.69 Å². The summed E-state index contributed by atoms with van der Waals surface area (Å²) in [5.41, 5.74) is 4.14. The average Bonchev–Trinajstić information content (AvgIpc) is 2.93. The highest BCUT2D eigenvalue weighted by Gasteiger charge is 2.43. The van der Waals surface area contributed by atoms with E-state index in [-0.39, 0.29) is 24.1 Å². The molecule has 0 saturated carbocycles. The van der Waals surface area contributed by atoms with Crippen LogP contribution in [-0.4, -0.2) is 43.8 Å². The Bertz CT molecular complexity index is 1270. The molecule has 2 unspecified atom stereocenters. The summed E-state index contributed by atoms with van der Waals surface area (Å²) in [6.07, 6.45) is 0.729. The van der Waals surface area contributed by atoms with E-state index < -0.39 is 12.0 Å². The number of methoxy groups -OCH3 is 1. The molecule has 1 aliphatic heterocycles. The summed E-state index contributed by atoms with van der Waals surface area (Å²) < 4.78 is 5.67. The van der Waals surface area contributed by atoms with Crippen LogP contribution in [0.3, 0.4) is 0 Å². The molecule has 192 valence electrons. The van der Waals surface area contributed by atoms with Gasteiger partial charge in [0.25, 0.3) is 5.91 Å². The van der Waals surface area contributed by atoms with E-state index >= 15 is 0 Å². The summed E-state index contributed by atoms with van der Waals surface area (Å²) in [5.74, 6) is -0.0270. The predicted octanol–water partition coefficient (Wildman–Crippen LogP) is 4.51. The normalized spacial score (nSPS) is 17.3. The number of piperidine rings is 1. The van der Waals surface area contributed by atoms with Gasteiger partial charge in [0, 0.05) is 43.9 Å². The molecule has 3 aromatic carbocycles. The number of anilines is 1. The van der Waals surface area contributed by atoms with Crippen molar-refractivity contribution in [2.75, 3.05) is 26.1 Å². The second-order valence-corrected chi connectivity index (χ2v) is 9.40. The highest BCUT2D eigenvalue weighted by atomic mass is 16.5. The van der Waals surface area contributed by atoms with Gasteiger partial charge in [0.2, 0.25) is 11.8 Å². The van der Waals surface area contributed by atoms with Crippen molar-refractivity contribution in [3.8, 4) is 5.75 Å². The molecular formula is C30H33N3O4. The number of carbonyl (C=O) groups is 3. The van der Waals surface area contributed by atoms with E-state index in [1.165, 1.54) is 0 Å². The lowest BCUT2D eigenvalue weighted by molar-refractivity contribution is -0.137. The molecule has 1 heterocycles. The van der Waals surface area contributed by atoms with Crippen LogP contribution in [0, 0.1) is 12.8 Å². The summed E-state index contributed by atoms with van der Waals surface area (Å²) in [6, 6.07) is 22.1. The van der Waals surface area contributed by atoms with Crippen LogP contribution < -0.4 is 15.0 Å². The summed E-state index contributed by atoms with van der Waals surface area (Å²) in [4.78, 5) is 42.6. The third-order valence-electron chi connectivity index (χ3n) is 6.92. The van der Waals surface area contributed by atoms with Crippen LogP contribution in [-0.2, 0) is 16.1 Å². The van der Waals surface area contributed by atoms with Gasteiger partial charge in [-0.1, -0.05) is 48.0 Å². The van der Waals surface area contributed by atoms with Gasteiger partial charge in [0.15, 0.2) is 0 Å².